The molecule has 0 fully saturated rings. The first-order chi connectivity index (χ1) is 3.97. The Bertz CT molecular complexity index is 138. The fraction of sp³-hybridized carbons (Fsp3) is 0. The first kappa shape index (κ1) is 12.3. The van der Waals surface area contributed by atoms with Crippen LogP contribution in [0.15, 0.2) is 0 Å². The Labute approximate surface area is 68.9 Å². The number of thiol groups is 1. The Kier molecular flexibility index (Phi) is 9.17. The van der Waals surface area contributed by atoms with Crippen molar-refractivity contribution >= 4 is 27.1 Å². The van der Waals surface area contributed by atoms with Crippen molar-refractivity contribution in [3.05, 3.63) is 0 Å². The SMILES string of the molecule is N#CS.O=[As](O)(O)[O][Fe]. The van der Waals surface area contributed by atoms with Gasteiger partial charge in [0, 0.05) is 0 Å². The van der Waals surface area contributed by atoms with Crippen LogP contribution in [0.4, 0.5) is 0 Å². The van der Waals surface area contributed by atoms with E-state index in [9.17, 15) is 3.74 Å². The van der Waals surface area contributed by atoms with E-state index >= 15 is 0 Å². The molecule has 0 radical (unpaired) electrons. The van der Waals surface area contributed by atoms with Gasteiger partial charge in [-0.15, -0.1) is 0 Å². The molecule has 0 aliphatic carbocycles. The average molecular weight is 256 g/mol. The van der Waals surface area contributed by atoms with Gasteiger partial charge in [-0.1, -0.05) is 12.6 Å². The van der Waals surface area contributed by atoms with E-state index in [2.05, 4.69) is 31.8 Å². The summed E-state index contributed by atoms with van der Waals surface area (Å²) in [6.45, 7) is 0. The standard InChI is InChI=1S/CHNS.AsH3O4.Fe/c2-1-3;2-1(3,4)5;/h3H;(H3,2,3,4,5);/q;;+1/p-1. The fourth-order valence-electron chi connectivity index (χ4n) is 0. The van der Waals surface area contributed by atoms with E-state index in [-0.39, 0.29) is 0 Å². The Balaban J connectivity index is 0. The van der Waals surface area contributed by atoms with E-state index in [0.29, 0.717) is 0 Å². The normalized spacial score (nSPS) is 8.78. The van der Waals surface area contributed by atoms with Crippen molar-refractivity contribution in [3.8, 4) is 5.40 Å². The fourth-order valence-corrected chi connectivity index (χ4v) is 0. The van der Waals surface area contributed by atoms with Crippen LogP contribution in [0.25, 0.3) is 0 Å². The van der Waals surface area contributed by atoms with Crippen molar-refractivity contribution in [2.45, 2.75) is 0 Å². The van der Waals surface area contributed by atoms with Crippen molar-refractivity contribution in [1.82, 2.24) is 0 Å². The van der Waals surface area contributed by atoms with Gasteiger partial charge in [-0.25, -0.2) is 0 Å². The minimum atomic E-state index is -4.77. The minimum absolute atomic E-state index is 1.44. The zero-order chi connectivity index (χ0) is 7.91. The number of nitriles is 1. The van der Waals surface area contributed by atoms with Crippen LogP contribution in [0.3, 0.4) is 0 Å². The molecule has 0 aromatic carbocycles. The third-order valence-corrected chi connectivity index (χ3v) is 1.80. The summed E-state index contributed by atoms with van der Waals surface area (Å²) in [4.78, 5) is 0. The van der Waals surface area contributed by atoms with E-state index in [1.165, 1.54) is 5.40 Å². The maximum atomic E-state index is 9.47. The zero-order valence-electron chi connectivity index (χ0n) is 3.91. The van der Waals surface area contributed by atoms with Gasteiger partial charge in [-0.05, 0) is 0 Å². The third kappa shape index (κ3) is 28.9. The topological polar surface area (TPSA) is 90.6 Å². The first-order valence-electron chi connectivity index (χ1n) is 1.36. The molecule has 0 unspecified atom stereocenters. The van der Waals surface area contributed by atoms with Gasteiger partial charge in [0.1, 0.15) is 5.40 Å². The van der Waals surface area contributed by atoms with Crippen LogP contribution in [-0.4, -0.2) is 22.7 Å². The summed E-state index contributed by atoms with van der Waals surface area (Å²) in [5.41, 5.74) is 0. The predicted octanol–water partition coefficient (Wildman–Crippen LogP) is -1.29. The molecule has 9 heavy (non-hydrogen) atoms. The summed E-state index contributed by atoms with van der Waals surface area (Å²) >= 11 is 0.844. The van der Waals surface area contributed by atoms with Gasteiger partial charge in [0.2, 0.25) is 0 Å². The van der Waals surface area contributed by atoms with Crippen LogP contribution in [0.5, 0.6) is 0 Å². The molecule has 5 nitrogen and oxygen atoms in total. The van der Waals surface area contributed by atoms with Gasteiger partial charge < -0.3 is 0 Å². The number of hydrogen-bond donors (Lipinski definition) is 3. The number of hydrogen-bond acceptors (Lipinski definition) is 4. The van der Waals surface area contributed by atoms with Gasteiger partial charge in [-0.2, -0.15) is 5.26 Å². The molecule has 0 aromatic rings. The quantitative estimate of drug-likeness (QED) is 0.308. The third-order valence-electron chi connectivity index (χ3n) is 0.0841. The van der Waals surface area contributed by atoms with Crippen molar-refractivity contribution in [3.63, 3.8) is 0 Å². The van der Waals surface area contributed by atoms with E-state index in [1.54, 1.807) is 0 Å². The molecule has 0 rings (SSSR count). The van der Waals surface area contributed by atoms with E-state index in [0.717, 1.165) is 0 Å². The maximum absolute atomic E-state index is 9.47. The van der Waals surface area contributed by atoms with Gasteiger partial charge in [0.25, 0.3) is 0 Å². The Morgan fingerprint density at radius 2 is 1.89 bits per heavy atom. The molecule has 2 N–H and O–H groups in total. The molecule has 0 bridgehead atoms. The van der Waals surface area contributed by atoms with Crippen LogP contribution in [0, 0.1) is 10.7 Å². The molecular formula is CH3AsFeNO4S. The summed E-state index contributed by atoms with van der Waals surface area (Å²) in [7, 11) is 0. The van der Waals surface area contributed by atoms with Crippen molar-refractivity contribution in [2.75, 3.05) is 0 Å². The van der Waals surface area contributed by atoms with Gasteiger partial charge in [0.05, 0.1) is 0 Å². The van der Waals surface area contributed by atoms with E-state index in [4.69, 9.17) is 13.5 Å². The molecule has 0 atom stereocenters. The van der Waals surface area contributed by atoms with Crippen molar-refractivity contribution < 1.29 is 31.1 Å². The molecule has 0 amide bonds. The predicted molar refractivity (Wildman–Crippen MR) is 26.6 cm³/mol. The molecule has 0 saturated heterocycles. The van der Waals surface area contributed by atoms with Crippen LogP contribution in [0.1, 0.15) is 0 Å². The summed E-state index contributed by atoms with van der Waals surface area (Å²) in [6.07, 6.45) is 0. The second-order valence-electron chi connectivity index (χ2n) is 0.655. The molecule has 0 heterocycles. The number of thiocyanates is 1. The Morgan fingerprint density at radius 3 is 1.89 bits per heavy atom. The molecule has 0 aliphatic rings. The molecule has 8 heteroatoms. The van der Waals surface area contributed by atoms with Crippen LogP contribution < -0.4 is 0 Å². The van der Waals surface area contributed by atoms with Gasteiger partial charge in [0.15, 0.2) is 0 Å². The van der Waals surface area contributed by atoms with Crippen LogP contribution in [0.2, 0.25) is 0 Å². The monoisotopic (exact) mass is 256 g/mol. The Hall–Kier alpha value is 0.598. The molecular weight excluding hydrogens is 253 g/mol. The second-order valence-corrected chi connectivity index (χ2v) is 4.23. The van der Waals surface area contributed by atoms with Crippen LogP contribution >= 0.6 is 12.6 Å². The zero-order valence-corrected chi connectivity index (χ0v) is 7.78. The summed E-state index contributed by atoms with van der Waals surface area (Å²) in [5, 5.41) is 8.63. The molecule has 55 valence electrons. The summed E-state index contributed by atoms with van der Waals surface area (Å²) < 4.78 is 28.3. The van der Waals surface area contributed by atoms with Gasteiger partial charge >= 0.3 is 45.6 Å². The average Bonchev–Trinajstić information content (AvgIpc) is 1.67. The summed E-state index contributed by atoms with van der Waals surface area (Å²) in [5.74, 6) is 0. The van der Waals surface area contributed by atoms with Crippen molar-refractivity contribution in [1.29, 1.82) is 5.26 Å². The Morgan fingerprint density at radius 1 is 1.78 bits per heavy atom. The van der Waals surface area contributed by atoms with Gasteiger partial charge in [-0.3, -0.25) is 0 Å². The molecule has 0 spiro atoms. The van der Waals surface area contributed by atoms with E-state index in [1.807, 2.05) is 0 Å². The molecule has 0 aromatic heterocycles. The molecule has 0 aliphatic heterocycles. The van der Waals surface area contributed by atoms with Crippen molar-refractivity contribution in [2.24, 2.45) is 0 Å². The number of nitrogens with zero attached hydrogens (tertiary/aromatic N) is 1. The van der Waals surface area contributed by atoms with E-state index < -0.39 is 14.5 Å². The molecule has 0 saturated carbocycles. The summed E-state index contributed by atoms with van der Waals surface area (Å²) in [6, 6.07) is 0. The van der Waals surface area contributed by atoms with Crippen LogP contribution in [-0.2, 0) is 22.9 Å². The number of rotatable bonds is 1. The second kappa shape index (κ2) is 6.71. The first-order valence-corrected chi connectivity index (χ1v) is 5.47.